The molecule has 0 aromatic heterocycles. The van der Waals surface area contributed by atoms with Crippen molar-refractivity contribution in [3.05, 3.63) is 0 Å². The van der Waals surface area contributed by atoms with Crippen LogP contribution >= 0.6 is 0 Å². The number of hydrogen-bond donors (Lipinski definition) is 1. The van der Waals surface area contributed by atoms with Gasteiger partial charge in [-0.05, 0) is 38.5 Å². The maximum Gasteiger partial charge on any atom is 0.0695 e. The zero-order chi connectivity index (χ0) is 17.2. The average Bonchev–Trinajstić information content (AvgIpc) is 3.03. The van der Waals surface area contributed by atoms with Crippen molar-refractivity contribution in [1.29, 1.82) is 0 Å². The Morgan fingerprint density at radius 2 is 1.54 bits per heavy atom. The van der Waals surface area contributed by atoms with E-state index >= 15 is 0 Å². The average molecular weight is 338 g/mol. The molecule has 2 nitrogen and oxygen atoms in total. The lowest BCUT2D eigenvalue weighted by Gasteiger charge is -2.43. The van der Waals surface area contributed by atoms with Crippen molar-refractivity contribution in [2.75, 3.05) is 0 Å². The molecule has 0 spiro atoms. The molecule has 0 saturated carbocycles. The van der Waals surface area contributed by atoms with E-state index in [9.17, 15) is 5.11 Å². The molecule has 0 aliphatic carbocycles. The van der Waals surface area contributed by atoms with Gasteiger partial charge in [0.1, 0.15) is 0 Å². The van der Waals surface area contributed by atoms with Gasteiger partial charge in [0.05, 0.1) is 6.10 Å². The summed E-state index contributed by atoms with van der Waals surface area (Å²) in [7, 11) is 0. The fourth-order valence-electron chi connectivity index (χ4n) is 5.17. The van der Waals surface area contributed by atoms with Gasteiger partial charge in [0.2, 0.25) is 0 Å². The molecule has 142 valence electrons. The quantitative estimate of drug-likeness (QED) is 0.437. The Hall–Kier alpha value is -0.0800. The zero-order valence-electron chi connectivity index (χ0n) is 16.5. The molecular weight excluding hydrogens is 294 g/mol. The second-order valence-corrected chi connectivity index (χ2v) is 8.45. The van der Waals surface area contributed by atoms with E-state index in [0.717, 1.165) is 18.5 Å². The third-order valence-corrected chi connectivity index (χ3v) is 6.54. The van der Waals surface area contributed by atoms with E-state index in [1.807, 2.05) is 0 Å². The van der Waals surface area contributed by atoms with Crippen molar-refractivity contribution < 1.29 is 5.11 Å². The van der Waals surface area contributed by atoms with E-state index in [0.29, 0.717) is 6.04 Å². The first-order chi connectivity index (χ1) is 11.8. The second kappa shape index (κ2) is 11.5. The second-order valence-electron chi connectivity index (χ2n) is 8.45. The molecule has 2 fully saturated rings. The number of fused-ring (bicyclic) bond motifs is 1. The zero-order valence-corrected chi connectivity index (χ0v) is 16.5. The molecule has 0 aromatic carbocycles. The van der Waals surface area contributed by atoms with Gasteiger partial charge in [-0.2, -0.15) is 0 Å². The third-order valence-electron chi connectivity index (χ3n) is 6.54. The highest BCUT2D eigenvalue weighted by atomic mass is 16.3. The topological polar surface area (TPSA) is 23.5 Å². The normalized spacial score (nSPS) is 28.9. The van der Waals surface area contributed by atoms with Crippen LogP contribution in [0.25, 0.3) is 0 Å². The molecule has 24 heavy (non-hydrogen) atoms. The molecule has 2 rings (SSSR count). The van der Waals surface area contributed by atoms with Crippen molar-refractivity contribution in [2.24, 2.45) is 0 Å². The number of hydrogen-bond acceptors (Lipinski definition) is 2. The van der Waals surface area contributed by atoms with Gasteiger partial charge >= 0.3 is 0 Å². The molecule has 0 bridgehead atoms. The fraction of sp³-hybridized carbons (Fsp3) is 1.00. The van der Waals surface area contributed by atoms with Gasteiger partial charge < -0.3 is 5.11 Å². The molecule has 4 atom stereocenters. The van der Waals surface area contributed by atoms with Crippen LogP contribution in [0, 0.1) is 0 Å². The van der Waals surface area contributed by atoms with E-state index in [-0.39, 0.29) is 6.10 Å². The van der Waals surface area contributed by atoms with Gasteiger partial charge in [0.15, 0.2) is 0 Å². The van der Waals surface area contributed by atoms with Crippen LogP contribution in [0.2, 0.25) is 0 Å². The maximum atomic E-state index is 10.8. The van der Waals surface area contributed by atoms with Crippen molar-refractivity contribution in [3.63, 3.8) is 0 Å². The number of piperidine rings is 1. The summed E-state index contributed by atoms with van der Waals surface area (Å²) in [5.41, 5.74) is 0. The lowest BCUT2D eigenvalue weighted by Crippen LogP contribution is -2.51. The van der Waals surface area contributed by atoms with Gasteiger partial charge in [-0.25, -0.2) is 0 Å². The standard InChI is InChI=1S/C22H43NO/c1-3-5-7-9-10-13-19-14-12-15-20-17-18-21(23(19)20)22(24)16-11-8-6-4-2/h19-22,24H,3-18H2,1-2H3/t19-,20-,21-,22-/m0/s1. The van der Waals surface area contributed by atoms with Gasteiger partial charge in [0.25, 0.3) is 0 Å². The highest BCUT2D eigenvalue weighted by Gasteiger charge is 2.42. The molecule has 2 aliphatic rings. The molecule has 2 saturated heterocycles. The Bertz CT molecular complexity index is 319. The first-order valence-corrected chi connectivity index (χ1v) is 11.2. The summed E-state index contributed by atoms with van der Waals surface area (Å²) < 4.78 is 0. The summed E-state index contributed by atoms with van der Waals surface area (Å²) in [6.07, 6.45) is 21.2. The van der Waals surface area contributed by atoms with Gasteiger partial charge in [-0.1, -0.05) is 78.1 Å². The molecule has 2 heteroatoms. The lowest BCUT2D eigenvalue weighted by atomic mass is 9.91. The van der Waals surface area contributed by atoms with E-state index in [2.05, 4.69) is 18.7 Å². The summed E-state index contributed by atoms with van der Waals surface area (Å²) in [4.78, 5) is 2.80. The predicted molar refractivity (Wildman–Crippen MR) is 104 cm³/mol. The Kier molecular flexibility index (Phi) is 9.71. The lowest BCUT2D eigenvalue weighted by molar-refractivity contribution is 0.00246. The molecule has 1 N–H and O–H groups in total. The Morgan fingerprint density at radius 3 is 2.29 bits per heavy atom. The smallest absolute Gasteiger partial charge is 0.0695 e. The monoisotopic (exact) mass is 337 g/mol. The van der Waals surface area contributed by atoms with Crippen LogP contribution in [0.5, 0.6) is 0 Å². The van der Waals surface area contributed by atoms with E-state index in [4.69, 9.17) is 0 Å². The third kappa shape index (κ3) is 6.02. The Morgan fingerprint density at radius 1 is 0.833 bits per heavy atom. The number of nitrogens with zero attached hydrogens (tertiary/aromatic N) is 1. The predicted octanol–water partition coefficient (Wildman–Crippen LogP) is 6.06. The van der Waals surface area contributed by atoms with Gasteiger partial charge in [-0.3, -0.25) is 4.90 Å². The first-order valence-electron chi connectivity index (χ1n) is 11.2. The van der Waals surface area contributed by atoms with E-state index < -0.39 is 0 Å². The van der Waals surface area contributed by atoms with Crippen molar-refractivity contribution >= 4 is 0 Å². The Labute approximate surface area is 151 Å². The number of rotatable bonds is 12. The Balaban J connectivity index is 1.79. The largest absolute Gasteiger partial charge is 0.391 e. The molecule has 0 unspecified atom stereocenters. The van der Waals surface area contributed by atoms with Crippen LogP contribution in [0.3, 0.4) is 0 Å². The number of aliphatic hydroxyl groups excluding tert-OH is 1. The SMILES string of the molecule is CCCCCCC[C@H]1CCC[C@H]2CC[C@@H]([C@@H](O)CCCCCC)N12. The van der Waals surface area contributed by atoms with Crippen LogP contribution in [-0.2, 0) is 0 Å². The van der Waals surface area contributed by atoms with Gasteiger partial charge in [-0.15, -0.1) is 0 Å². The maximum absolute atomic E-state index is 10.8. The van der Waals surface area contributed by atoms with Crippen molar-refractivity contribution in [3.8, 4) is 0 Å². The van der Waals surface area contributed by atoms with Gasteiger partial charge in [0, 0.05) is 18.1 Å². The van der Waals surface area contributed by atoms with E-state index in [1.165, 1.54) is 96.3 Å². The highest BCUT2D eigenvalue weighted by Crippen LogP contribution is 2.39. The fourth-order valence-corrected chi connectivity index (χ4v) is 5.17. The van der Waals surface area contributed by atoms with Crippen LogP contribution in [-0.4, -0.2) is 34.2 Å². The number of aliphatic hydroxyl groups is 1. The van der Waals surface area contributed by atoms with Crippen LogP contribution in [0.1, 0.15) is 117 Å². The van der Waals surface area contributed by atoms with Crippen LogP contribution < -0.4 is 0 Å². The summed E-state index contributed by atoms with van der Waals surface area (Å²) in [5, 5.41) is 10.8. The minimum Gasteiger partial charge on any atom is -0.391 e. The summed E-state index contributed by atoms with van der Waals surface area (Å²) in [5.74, 6) is 0. The van der Waals surface area contributed by atoms with Crippen LogP contribution in [0.4, 0.5) is 0 Å². The molecular formula is C22H43NO. The van der Waals surface area contributed by atoms with E-state index in [1.54, 1.807) is 0 Å². The minimum atomic E-state index is -0.0763. The molecule has 0 aromatic rings. The minimum absolute atomic E-state index is 0.0763. The molecule has 2 heterocycles. The van der Waals surface area contributed by atoms with Crippen molar-refractivity contribution in [2.45, 2.75) is 141 Å². The first kappa shape index (κ1) is 20.2. The molecule has 0 amide bonds. The summed E-state index contributed by atoms with van der Waals surface area (Å²) in [6, 6.07) is 2.02. The summed E-state index contributed by atoms with van der Waals surface area (Å²) >= 11 is 0. The van der Waals surface area contributed by atoms with Crippen molar-refractivity contribution in [1.82, 2.24) is 4.90 Å². The van der Waals surface area contributed by atoms with Crippen LogP contribution in [0.15, 0.2) is 0 Å². The summed E-state index contributed by atoms with van der Waals surface area (Å²) in [6.45, 7) is 4.55. The number of unbranched alkanes of at least 4 members (excludes halogenated alkanes) is 7. The molecule has 2 aliphatic heterocycles. The highest BCUT2D eigenvalue weighted by molar-refractivity contribution is 4.97. The molecule has 0 radical (unpaired) electrons.